The maximum Gasteiger partial charge on any atom is 0.287 e. The molecule has 29 heavy (non-hydrogen) atoms. The van der Waals surface area contributed by atoms with Crippen LogP contribution in [0.4, 0.5) is 0 Å². The number of halogens is 1. The number of benzene rings is 2. The molecule has 0 aliphatic rings. The number of carbonyl (C=O) groups excluding carboxylic acids is 1. The maximum absolute atomic E-state index is 12.8. The summed E-state index contributed by atoms with van der Waals surface area (Å²) in [5.41, 5.74) is 2.61. The average molecular weight is 424 g/mol. The summed E-state index contributed by atoms with van der Waals surface area (Å²) in [6, 6.07) is 17.1. The maximum atomic E-state index is 12.8. The lowest BCUT2D eigenvalue weighted by molar-refractivity contribution is 0.0927. The van der Waals surface area contributed by atoms with E-state index in [0.29, 0.717) is 40.2 Å². The standard InChI is InChI=1S/C22H18ClN3O2S/c23-16-6-3-5-15(13-16)9-12-24-21(27)20-18(14-29-22-25-10-4-11-26-22)17-7-1-2-8-19(17)28-20/h1-8,10-11,13H,9,12,14H2,(H,24,27). The molecule has 0 atom stereocenters. The average Bonchev–Trinajstić information content (AvgIpc) is 3.12. The Labute approximate surface area is 177 Å². The van der Waals surface area contributed by atoms with Gasteiger partial charge in [0.15, 0.2) is 10.9 Å². The summed E-state index contributed by atoms with van der Waals surface area (Å²) in [6.07, 6.45) is 4.09. The first-order valence-corrected chi connectivity index (χ1v) is 10.5. The SMILES string of the molecule is O=C(NCCc1cccc(Cl)c1)c1oc2ccccc2c1CSc1ncccn1. The zero-order valence-corrected chi connectivity index (χ0v) is 17.0. The van der Waals surface area contributed by atoms with Crippen molar-refractivity contribution < 1.29 is 9.21 Å². The van der Waals surface area contributed by atoms with Crippen molar-refractivity contribution in [3.05, 3.63) is 88.9 Å². The lowest BCUT2D eigenvalue weighted by atomic mass is 10.1. The van der Waals surface area contributed by atoms with Crippen molar-refractivity contribution in [1.29, 1.82) is 0 Å². The molecule has 2 heterocycles. The van der Waals surface area contributed by atoms with Crippen molar-refractivity contribution in [2.75, 3.05) is 6.54 Å². The van der Waals surface area contributed by atoms with Gasteiger partial charge >= 0.3 is 0 Å². The van der Waals surface area contributed by atoms with Gasteiger partial charge < -0.3 is 9.73 Å². The Kier molecular flexibility index (Phi) is 6.12. The van der Waals surface area contributed by atoms with Crippen molar-refractivity contribution >= 4 is 40.2 Å². The third kappa shape index (κ3) is 4.78. The van der Waals surface area contributed by atoms with Gasteiger partial charge in [-0.25, -0.2) is 9.97 Å². The highest BCUT2D eigenvalue weighted by Gasteiger charge is 2.20. The summed E-state index contributed by atoms with van der Waals surface area (Å²) in [5, 5.41) is 5.22. The number of hydrogen-bond donors (Lipinski definition) is 1. The molecule has 4 aromatic rings. The van der Waals surface area contributed by atoms with Gasteiger partial charge in [0, 0.05) is 40.7 Å². The number of nitrogens with one attached hydrogen (secondary N) is 1. The lowest BCUT2D eigenvalue weighted by Gasteiger charge is -2.06. The zero-order chi connectivity index (χ0) is 20.1. The van der Waals surface area contributed by atoms with Crippen LogP contribution < -0.4 is 5.32 Å². The number of furan rings is 1. The first-order valence-electron chi connectivity index (χ1n) is 9.13. The molecule has 0 spiro atoms. The minimum absolute atomic E-state index is 0.229. The van der Waals surface area contributed by atoms with Gasteiger partial charge in [-0.3, -0.25) is 4.79 Å². The van der Waals surface area contributed by atoms with Crippen LogP contribution >= 0.6 is 23.4 Å². The number of fused-ring (bicyclic) bond motifs is 1. The third-order valence-corrected chi connectivity index (χ3v) is 5.52. The molecule has 0 unspecified atom stereocenters. The Morgan fingerprint density at radius 2 is 1.90 bits per heavy atom. The molecule has 0 saturated heterocycles. The van der Waals surface area contributed by atoms with Crippen molar-refractivity contribution in [3.8, 4) is 0 Å². The van der Waals surface area contributed by atoms with Gasteiger partial charge in [0.05, 0.1) is 0 Å². The number of carbonyl (C=O) groups is 1. The monoisotopic (exact) mass is 423 g/mol. The fraction of sp³-hybridized carbons (Fsp3) is 0.136. The molecular weight excluding hydrogens is 406 g/mol. The molecule has 0 aliphatic carbocycles. The quantitative estimate of drug-likeness (QED) is 0.329. The Balaban J connectivity index is 1.50. The molecule has 1 N–H and O–H groups in total. The predicted molar refractivity (Wildman–Crippen MR) is 115 cm³/mol. The molecule has 5 nitrogen and oxygen atoms in total. The Hall–Kier alpha value is -2.83. The number of thioether (sulfide) groups is 1. The number of para-hydroxylation sites is 1. The van der Waals surface area contributed by atoms with Crippen LogP contribution in [0.2, 0.25) is 5.02 Å². The highest BCUT2D eigenvalue weighted by Crippen LogP contribution is 2.31. The van der Waals surface area contributed by atoms with E-state index in [-0.39, 0.29) is 5.91 Å². The highest BCUT2D eigenvalue weighted by atomic mass is 35.5. The molecule has 1 amide bonds. The molecule has 4 rings (SSSR count). The number of rotatable bonds is 7. The van der Waals surface area contributed by atoms with Gasteiger partial charge in [-0.15, -0.1) is 0 Å². The van der Waals surface area contributed by atoms with E-state index in [4.69, 9.17) is 16.0 Å². The normalized spacial score (nSPS) is 10.9. The second-order valence-corrected chi connectivity index (χ2v) is 7.74. The van der Waals surface area contributed by atoms with Crippen LogP contribution in [-0.2, 0) is 12.2 Å². The highest BCUT2D eigenvalue weighted by molar-refractivity contribution is 7.98. The summed E-state index contributed by atoms with van der Waals surface area (Å²) in [5.74, 6) is 0.645. The van der Waals surface area contributed by atoms with E-state index >= 15 is 0 Å². The summed E-state index contributed by atoms with van der Waals surface area (Å²) >= 11 is 7.49. The molecule has 0 aliphatic heterocycles. The fourth-order valence-corrected chi connectivity index (χ4v) is 4.06. The van der Waals surface area contributed by atoms with Crippen LogP contribution in [0.3, 0.4) is 0 Å². The Morgan fingerprint density at radius 3 is 2.72 bits per heavy atom. The topological polar surface area (TPSA) is 68.0 Å². The minimum Gasteiger partial charge on any atom is -0.451 e. The molecule has 0 bridgehead atoms. The summed E-state index contributed by atoms with van der Waals surface area (Å²) < 4.78 is 5.88. The van der Waals surface area contributed by atoms with Crippen LogP contribution in [0.15, 0.2) is 76.6 Å². The molecular formula is C22H18ClN3O2S. The fourth-order valence-electron chi connectivity index (χ4n) is 3.02. The summed E-state index contributed by atoms with van der Waals surface area (Å²) in [6.45, 7) is 0.491. The Morgan fingerprint density at radius 1 is 1.07 bits per heavy atom. The van der Waals surface area contributed by atoms with Crippen molar-refractivity contribution in [2.45, 2.75) is 17.3 Å². The van der Waals surface area contributed by atoms with Crippen LogP contribution in [0.5, 0.6) is 0 Å². The van der Waals surface area contributed by atoms with Crippen molar-refractivity contribution in [3.63, 3.8) is 0 Å². The molecule has 146 valence electrons. The number of hydrogen-bond acceptors (Lipinski definition) is 5. The lowest BCUT2D eigenvalue weighted by Crippen LogP contribution is -2.26. The molecule has 0 saturated carbocycles. The first kappa shape index (κ1) is 19.5. The predicted octanol–water partition coefficient (Wildman–Crippen LogP) is 5.14. The van der Waals surface area contributed by atoms with E-state index in [1.165, 1.54) is 11.8 Å². The molecule has 2 aromatic carbocycles. The van der Waals surface area contributed by atoms with Gasteiger partial charge in [0.25, 0.3) is 5.91 Å². The van der Waals surface area contributed by atoms with E-state index in [2.05, 4.69) is 15.3 Å². The van der Waals surface area contributed by atoms with Crippen LogP contribution in [0.25, 0.3) is 11.0 Å². The number of amides is 1. The number of aromatic nitrogens is 2. The van der Waals surface area contributed by atoms with E-state index in [1.807, 2.05) is 48.5 Å². The molecule has 0 fully saturated rings. The summed E-state index contributed by atoms with van der Waals surface area (Å²) in [7, 11) is 0. The van der Waals surface area contributed by atoms with E-state index < -0.39 is 0 Å². The van der Waals surface area contributed by atoms with Crippen LogP contribution in [-0.4, -0.2) is 22.4 Å². The number of nitrogens with zero attached hydrogens (tertiary/aromatic N) is 2. The van der Waals surface area contributed by atoms with Crippen LogP contribution in [0.1, 0.15) is 21.7 Å². The summed E-state index contributed by atoms with van der Waals surface area (Å²) in [4.78, 5) is 21.3. The first-order chi connectivity index (χ1) is 14.2. The van der Waals surface area contributed by atoms with Crippen molar-refractivity contribution in [1.82, 2.24) is 15.3 Å². The second kappa shape index (κ2) is 9.11. The minimum atomic E-state index is -0.229. The van der Waals surface area contributed by atoms with Crippen molar-refractivity contribution in [2.24, 2.45) is 0 Å². The van der Waals surface area contributed by atoms with E-state index in [9.17, 15) is 4.79 Å². The van der Waals surface area contributed by atoms with E-state index in [1.54, 1.807) is 18.5 Å². The van der Waals surface area contributed by atoms with Gasteiger partial charge in [-0.1, -0.05) is 53.7 Å². The zero-order valence-electron chi connectivity index (χ0n) is 15.5. The van der Waals surface area contributed by atoms with Gasteiger partial charge in [-0.05, 0) is 36.2 Å². The van der Waals surface area contributed by atoms with Gasteiger partial charge in [-0.2, -0.15) is 0 Å². The van der Waals surface area contributed by atoms with Crippen LogP contribution in [0, 0.1) is 0 Å². The van der Waals surface area contributed by atoms with E-state index in [0.717, 1.165) is 16.5 Å². The smallest absolute Gasteiger partial charge is 0.287 e. The second-order valence-electron chi connectivity index (χ2n) is 6.36. The van der Waals surface area contributed by atoms with Gasteiger partial charge in [0.2, 0.25) is 0 Å². The Bertz CT molecular complexity index is 1130. The molecule has 2 aromatic heterocycles. The molecule has 7 heteroatoms. The van der Waals surface area contributed by atoms with Gasteiger partial charge in [0.1, 0.15) is 5.58 Å². The third-order valence-electron chi connectivity index (χ3n) is 4.38. The largest absolute Gasteiger partial charge is 0.451 e. The molecule has 0 radical (unpaired) electrons.